The Hall–Kier alpha value is -3.11. The van der Waals surface area contributed by atoms with E-state index in [0.29, 0.717) is 18.1 Å². The Kier molecular flexibility index (Phi) is 5.95. The molecule has 0 saturated carbocycles. The largest absolute Gasteiger partial charge is 0.492 e. The molecule has 2 fully saturated rings. The van der Waals surface area contributed by atoms with Crippen LogP contribution in [0.4, 0.5) is 5.82 Å². The highest BCUT2D eigenvalue weighted by Crippen LogP contribution is 2.32. The molecule has 166 valence electrons. The average Bonchev–Trinajstić information content (AvgIpc) is 3.27. The molecule has 32 heavy (non-hydrogen) atoms. The van der Waals surface area contributed by atoms with Crippen LogP contribution in [0, 0.1) is 17.2 Å². The Balaban J connectivity index is 1.43. The fourth-order valence-electron chi connectivity index (χ4n) is 4.78. The van der Waals surface area contributed by atoms with Crippen LogP contribution in [0.25, 0.3) is 16.6 Å². The van der Waals surface area contributed by atoms with Crippen molar-refractivity contribution in [2.45, 2.75) is 32.1 Å². The fraction of sp³-hybridized carbons (Fsp3) is 0.480. The first-order valence-electron chi connectivity index (χ1n) is 11.7. The second kappa shape index (κ2) is 9.17. The van der Waals surface area contributed by atoms with E-state index in [0.717, 1.165) is 67.2 Å². The number of nitriles is 1. The molecule has 2 aliphatic heterocycles. The van der Waals surface area contributed by atoms with Gasteiger partial charge in [-0.3, -0.25) is 0 Å². The Morgan fingerprint density at radius 1 is 1.09 bits per heavy atom. The molecule has 0 N–H and O–H groups in total. The lowest BCUT2D eigenvalue weighted by molar-refractivity contribution is 0.160. The van der Waals surface area contributed by atoms with Crippen molar-refractivity contribution < 1.29 is 4.74 Å². The molecule has 7 nitrogen and oxygen atoms in total. The minimum absolute atomic E-state index is 0.557. The quantitative estimate of drug-likeness (QED) is 0.610. The molecule has 3 aromatic rings. The van der Waals surface area contributed by atoms with Gasteiger partial charge in [0.25, 0.3) is 0 Å². The zero-order valence-corrected chi connectivity index (χ0v) is 18.7. The van der Waals surface area contributed by atoms with Crippen molar-refractivity contribution in [3.8, 4) is 22.9 Å². The summed E-state index contributed by atoms with van der Waals surface area (Å²) in [7, 11) is 2.17. The van der Waals surface area contributed by atoms with Crippen molar-refractivity contribution in [2.24, 2.45) is 5.92 Å². The number of piperidine rings is 2. The van der Waals surface area contributed by atoms with Gasteiger partial charge < -0.3 is 14.5 Å². The summed E-state index contributed by atoms with van der Waals surface area (Å²) >= 11 is 0. The van der Waals surface area contributed by atoms with Gasteiger partial charge in [-0.05, 0) is 76.4 Å². The normalized spacial score (nSPS) is 18.1. The lowest BCUT2D eigenvalue weighted by Gasteiger charge is -2.28. The molecule has 0 amide bonds. The Labute approximate surface area is 189 Å². The lowest BCUT2D eigenvalue weighted by Crippen LogP contribution is -2.32. The number of hydrogen-bond acceptors (Lipinski definition) is 6. The van der Waals surface area contributed by atoms with Gasteiger partial charge >= 0.3 is 0 Å². The van der Waals surface area contributed by atoms with Crippen LogP contribution in [-0.2, 0) is 0 Å². The van der Waals surface area contributed by atoms with Crippen LogP contribution in [-0.4, -0.2) is 59.3 Å². The first kappa shape index (κ1) is 20.8. The number of fused-ring (bicyclic) bond motifs is 1. The summed E-state index contributed by atoms with van der Waals surface area (Å²) in [5.74, 6) is 2.37. The molecule has 0 unspecified atom stereocenters. The van der Waals surface area contributed by atoms with Crippen LogP contribution >= 0.6 is 0 Å². The van der Waals surface area contributed by atoms with Gasteiger partial charge in [-0.2, -0.15) is 10.4 Å². The minimum Gasteiger partial charge on any atom is -0.492 e. The SMILES string of the molecule is CN1CCC(COc2cc(-c3ccc(N4CCCCC4)nc3)c3c(C#N)cnn3c2)CC1. The van der Waals surface area contributed by atoms with Crippen molar-refractivity contribution >= 4 is 11.3 Å². The molecule has 2 aliphatic rings. The van der Waals surface area contributed by atoms with Crippen molar-refractivity contribution in [1.29, 1.82) is 5.26 Å². The average molecular weight is 431 g/mol. The second-order valence-corrected chi connectivity index (χ2v) is 9.06. The zero-order valence-electron chi connectivity index (χ0n) is 18.7. The number of nitrogens with zero attached hydrogens (tertiary/aromatic N) is 6. The third-order valence-corrected chi connectivity index (χ3v) is 6.77. The van der Waals surface area contributed by atoms with Gasteiger partial charge in [0, 0.05) is 30.4 Å². The number of pyridine rings is 2. The number of rotatable bonds is 5. The van der Waals surface area contributed by atoms with E-state index in [1.54, 1.807) is 10.7 Å². The highest BCUT2D eigenvalue weighted by atomic mass is 16.5. The van der Waals surface area contributed by atoms with Crippen molar-refractivity contribution in [1.82, 2.24) is 19.5 Å². The second-order valence-electron chi connectivity index (χ2n) is 9.06. The molecule has 5 rings (SSSR count). The Morgan fingerprint density at radius 2 is 1.91 bits per heavy atom. The number of anilines is 1. The van der Waals surface area contributed by atoms with Crippen LogP contribution in [0.2, 0.25) is 0 Å². The smallest absolute Gasteiger partial charge is 0.138 e. The standard InChI is InChI=1S/C25H30N6O/c1-29-11-7-19(8-12-29)18-32-22-13-23(25-21(14-26)16-28-31(25)17-22)20-5-6-24(27-15-20)30-9-3-2-4-10-30/h5-6,13,15-17,19H,2-4,7-12,18H2,1H3. The summed E-state index contributed by atoms with van der Waals surface area (Å²) in [4.78, 5) is 9.47. The van der Waals surface area contributed by atoms with Gasteiger partial charge in [-0.25, -0.2) is 9.50 Å². The zero-order chi connectivity index (χ0) is 21.9. The fourth-order valence-corrected chi connectivity index (χ4v) is 4.78. The van der Waals surface area contributed by atoms with E-state index in [4.69, 9.17) is 9.72 Å². The Morgan fingerprint density at radius 3 is 2.62 bits per heavy atom. The minimum atomic E-state index is 0.557. The van der Waals surface area contributed by atoms with Gasteiger partial charge in [0.05, 0.1) is 30.1 Å². The highest BCUT2D eigenvalue weighted by Gasteiger charge is 2.19. The van der Waals surface area contributed by atoms with E-state index in [2.05, 4.69) is 40.1 Å². The highest BCUT2D eigenvalue weighted by molar-refractivity contribution is 5.85. The van der Waals surface area contributed by atoms with E-state index in [1.165, 1.54) is 19.3 Å². The molecule has 2 saturated heterocycles. The molecule has 5 heterocycles. The number of aromatic nitrogens is 3. The molecule has 0 spiro atoms. The molecule has 3 aromatic heterocycles. The third kappa shape index (κ3) is 4.28. The molecule has 7 heteroatoms. The van der Waals surface area contributed by atoms with E-state index < -0.39 is 0 Å². The van der Waals surface area contributed by atoms with Crippen molar-refractivity contribution in [2.75, 3.05) is 44.7 Å². The number of ether oxygens (including phenoxy) is 1. The van der Waals surface area contributed by atoms with E-state index in [9.17, 15) is 5.26 Å². The molecule has 0 aromatic carbocycles. The maximum absolute atomic E-state index is 9.61. The van der Waals surface area contributed by atoms with Gasteiger partial charge in [-0.15, -0.1) is 0 Å². The topological polar surface area (TPSA) is 69.7 Å². The van der Waals surface area contributed by atoms with Crippen LogP contribution in [0.5, 0.6) is 5.75 Å². The molecule has 0 radical (unpaired) electrons. The summed E-state index contributed by atoms with van der Waals surface area (Å²) in [5.41, 5.74) is 3.25. The van der Waals surface area contributed by atoms with Crippen LogP contribution in [0.3, 0.4) is 0 Å². The molecular formula is C25H30N6O. The van der Waals surface area contributed by atoms with E-state index in [1.807, 2.05) is 18.5 Å². The molecule has 0 bridgehead atoms. The summed E-state index contributed by atoms with van der Waals surface area (Å²) in [6, 6.07) is 8.49. The summed E-state index contributed by atoms with van der Waals surface area (Å²) in [5, 5.41) is 14.0. The number of likely N-dealkylation sites (tertiary alicyclic amines) is 1. The Bertz CT molecular complexity index is 1100. The maximum atomic E-state index is 9.61. The van der Waals surface area contributed by atoms with Gasteiger partial charge in [0.15, 0.2) is 0 Å². The van der Waals surface area contributed by atoms with E-state index >= 15 is 0 Å². The predicted octanol–water partition coefficient (Wildman–Crippen LogP) is 3.98. The molecule has 0 aliphatic carbocycles. The summed E-state index contributed by atoms with van der Waals surface area (Å²) in [6.45, 7) is 5.09. The third-order valence-electron chi connectivity index (χ3n) is 6.77. The maximum Gasteiger partial charge on any atom is 0.138 e. The molecular weight excluding hydrogens is 400 g/mol. The first-order valence-corrected chi connectivity index (χ1v) is 11.7. The van der Waals surface area contributed by atoms with Crippen LogP contribution in [0.15, 0.2) is 36.8 Å². The first-order chi connectivity index (χ1) is 15.7. The summed E-state index contributed by atoms with van der Waals surface area (Å²) < 4.78 is 7.98. The number of hydrogen-bond donors (Lipinski definition) is 0. The molecule has 0 atom stereocenters. The van der Waals surface area contributed by atoms with E-state index in [-0.39, 0.29) is 0 Å². The predicted molar refractivity (Wildman–Crippen MR) is 125 cm³/mol. The van der Waals surface area contributed by atoms with Crippen LogP contribution < -0.4 is 9.64 Å². The monoisotopic (exact) mass is 430 g/mol. The van der Waals surface area contributed by atoms with Gasteiger partial charge in [0.1, 0.15) is 17.6 Å². The van der Waals surface area contributed by atoms with Crippen molar-refractivity contribution in [3.05, 3.63) is 42.4 Å². The lowest BCUT2D eigenvalue weighted by atomic mass is 9.98. The van der Waals surface area contributed by atoms with Crippen LogP contribution in [0.1, 0.15) is 37.7 Å². The van der Waals surface area contributed by atoms with Crippen molar-refractivity contribution in [3.63, 3.8) is 0 Å². The van der Waals surface area contributed by atoms with Gasteiger partial charge in [-0.1, -0.05) is 0 Å². The van der Waals surface area contributed by atoms with Gasteiger partial charge in [0.2, 0.25) is 0 Å². The summed E-state index contributed by atoms with van der Waals surface area (Å²) in [6.07, 6.45) is 11.5.